The minimum absolute atomic E-state index is 0.177. The molecule has 1 aromatic heterocycles. The van der Waals surface area contributed by atoms with Gasteiger partial charge in [0.25, 0.3) is 5.91 Å². The average molecular weight is 442 g/mol. The number of anilines is 1. The van der Waals surface area contributed by atoms with Crippen molar-refractivity contribution < 1.29 is 15.0 Å². The molecular weight excluding hydrogens is 422 g/mol. The summed E-state index contributed by atoms with van der Waals surface area (Å²) in [4.78, 5) is 17.5. The third-order valence-electron chi connectivity index (χ3n) is 4.90. The number of hydrogen-bond acceptors (Lipinski definition) is 6. The smallest absolute Gasteiger partial charge is 0.257 e. The van der Waals surface area contributed by atoms with Gasteiger partial charge in [0.1, 0.15) is 12.2 Å². The zero-order valence-electron chi connectivity index (χ0n) is 16.1. The van der Waals surface area contributed by atoms with Crippen LogP contribution >= 0.6 is 22.9 Å². The SMILES string of the molecule is Cc1cnc(NC(=O)c2ccc(CNC3=C(Cl)C(O)c4ccccc4C3O)cc2)s1. The van der Waals surface area contributed by atoms with E-state index in [-0.39, 0.29) is 10.9 Å². The number of aromatic nitrogens is 1. The van der Waals surface area contributed by atoms with Crippen LogP contribution in [0.4, 0.5) is 5.13 Å². The Morgan fingerprint density at radius 3 is 2.40 bits per heavy atom. The van der Waals surface area contributed by atoms with Gasteiger partial charge in [-0.1, -0.05) is 48.0 Å². The fourth-order valence-electron chi connectivity index (χ4n) is 3.31. The lowest BCUT2D eigenvalue weighted by Gasteiger charge is -2.29. The van der Waals surface area contributed by atoms with Crippen molar-refractivity contribution in [2.24, 2.45) is 0 Å². The van der Waals surface area contributed by atoms with Gasteiger partial charge in [0.2, 0.25) is 0 Å². The highest BCUT2D eigenvalue weighted by Crippen LogP contribution is 2.40. The number of carbonyl (C=O) groups excluding carboxylic acids is 1. The van der Waals surface area contributed by atoms with E-state index in [2.05, 4.69) is 15.6 Å². The van der Waals surface area contributed by atoms with Crippen LogP contribution in [-0.4, -0.2) is 21.1 Å². The molecule has 1 heterocycles. The number of halogens is 1. The van der Waals surface area contributed by atoms with Crippen LogP contribution in [0, 0.1) is 6.92 Å². The van der Waals surface area contributed by atoms with Crippen molar-refractivity contribution in [2.45, 2.75) is 25.7 Å². The van der Waals surface area contributed by atoms with E-state index < -0.39 is 12.2 Å². The van der Waals surface area contributed by atoms with Gasteiger partial charge in [-0.3, -0.25) is 10.1 Å². The average Bonchev–Trinajstić information content (AvgIpc) is 3.17. The van der Waals surface area contributed by atoms with E-state index in [1.807, 2.05) is 25.1 Å². The lowest BCUT2D eigenvalue weighted by molar-refractivity contribution is 0.102. The van der Waals surface area contributed by atoms with E-state index in [0.717, 1.165) is 10.4 Å². The molecule has 4 N–H and O–H groups in total. The maximum atomic E-state index is 12.3. The van der Waals surface area contributed by atoms with Crippen LogP contribution in [0.2, 0.25) is 0 Å². The van der Waals surface area contributed by atoms with E-state index >= 15 is 0 Å². The first-order chi connectivity index (χ1) is 14.4. The molecule has 154 valence electrons. The molecule has 0 radical (unpaired) electrons. The van der Waals surface area contributed by atoms with Gasteiger partial charge in [-0.15, -0.1) is 11.3 Å². The number of aryl methyl sites for hydroxylation is 1. The molecule has 6 nitrogen and oxygen atoms in total. The molecule has 0 saturated heterocycles. The number of aliphatic hydroxyl groups is 2. The van der Waals surface area contributed by atoms with Gasteiger partial charge < -0.3 is 15.5 Å². The minimum atomic E-state index is -0.977. The topological polar surface area (TPSA) is 94.5 Å². The van der Waals surface area contributed by atoms with Crippen molar-refractivity contribution in [3.8, 4) is 0 Å². The molecule has 0 fully saturated rings. The zero-order valence-corrected chi connectivity index (χ0v) is 17.7. The van der Waals surface area contributed by atoms with Crippen molar-refractivity contribution in [1.29, 1.82) is 0 Å². The molecule has 0 aliphatic heterocycles. The summed E-state index contributed by atoms with van der Waals surface area (Å²) < 4.78 is 0. The number of amides is 1. The molecule has 1 amide bonds. The lowest BCUT2D eigenvalue weighted by Crippen LogP contribution is -2.26. The van der Waals surface area contributed by atoms with Gasteiger partial charge in [0.05, 0.1) is 10.7 Å². The third kappa shape index (κ3) is 4.11. The highest BCUT2D eigenvalue weighted by atomic mass is 35.5. The van der Waals surface area contributed by atoms with Crippen LogP contribution in [0.1, 0.15) is 44.1 Å². The van der Waals surface area contributed by atoms with Crippen LogP contribution < -0.4 is 10.6 Å². The van der Waals surface area contributed by atoms with Gasteiger partial charge in [-0.2, -0.15) is 0 Å². The lowest BCUT2D eigenvalue weighted by atomic mass is 9.90. The maximum Gasteiger partial charge on any atom is 0.257 e. The normalized spacial score (nSPS) is 18.1. The van der Waals surface area contributed by atoms with Crippen molar-refractivity contribution in [3.63, 3.8) is 0 Å². The van der Waals surface area contributed by atoms with Crippen molar-refractivity contribution in [2.75, 3.05) is 5.32 Å². The van der Waals surface area contributed by atoms with Crippen LogP contribution in [0.5, 0.6) is 0 Å². The molecule has 3 aromatic rings. The molecule has 30 heavy (non-hydrogen) atoms. The van der Waals surface area contributed by atoms with Gasteiger partial charge in [0, 0.05) is 23.2 Å². The Labute approximate surface area is 182 Å². The van der Waals surface area contributed by atoms with Crippen LogP contribution in [-0.2, 0) is 6.54 Å². The van der Waals surface area contributed by atoms with Crippen LogP contribution in [0.15, 0.2) is 65.5 Å². The second-order valence-electron chi connectivity index (χ2n) is 6.98. The predicted molar refractivity (Wildman–Crippen MR) is 117 cm³/mol. The van der Waals surface area contributed by atoms with Gasteiger partial charge in [-0.05, 0) is 35.7 Å². The molecule has 4 rings (SSSR count). The Bertz CT molecular complexity index is 1110. The first kappa shape index (κ1) is 20.6. The quantitative estimate of drug-likeness (QED) is 0.479. The standard InChI is InChI=1S/C22H20ClN3O3S/c1-12-10-25-22(30-12)26-21(29)14-8-6-13(7-9-14)11-24-18-17(23)19(27)15-4-2-3-5-16(15)20(18)28/h2-10,19-20,24,27-28H,11H2,1H3,(H,25,26,29). The number of nitrogens with zero attached hydrogens (tertiary/aromatic N) is 1. The summed E-state index contributed by atoms with van der Waals surface area (Å²) in [7, 11) is 0. The summed E-state index contributed by atoms with van der Waals surface area (Å²) in [5.74, 6) is -0.225. The van der Waals surface area contributed by atoms with Crippen molar-refractivity contribution >= 4 is 34.0 Å². The fraction of sp³-hybridized carbons (Fsp3) is 0.182. The van der Waals surface area contributed by atoms with E-state index in [4.69, 9.17) is 11.6 Å². The number of thiazole rings is 1. The Hall–Kier alpha value is -2.71. The van der Waals surface area contributed by atoms with E-state index in [1.165, 1.54) is 11.3 Å². The summed E-state index contributed by atoms with van der Waals surface area (Å²) in [6.45, 7) is 2.31. The molecule has 0 bridgehead atoms. The van der Waals surface area contributed by atoms with Crippen LogP contribution in [0.3, 0.4) is 0 Å². The van der Waals surface area contributed by atoms with E-state index in [1.54, 1.807) is 36.5 Å². The fourth-order valence-corrected chi connectivity index (χ4v) is 4.26. The molecular formula is C22H20ClN3O3S. The van der Waals surface area contributed by atoms with Gasteiger partial charge >= 0.3 is 0 Å². The first-order valence-corrected chi connectivity index (χ1v) is 10.5. The second-order valence-corrected chi connectivity index (χ2v) is 8.62. The number of benzene rings is 2. The predicted octanol–water partition coefficient (Wildman–Crippen LogP) is 4.02. The first-order valence-electron chi connectivity index (χ1n) is 9.35. The summed E-state index contributed by atoms with van der Waals surface area (Å²) in [6.07, 6.45) is -0.206. The van der Waals surface area contributed by atoms with E-state index in [0.29, 0.717) is 34.1 Å². The zero-order chi connectivity index (χ0) is 21.3. The Kier molecular flexibility index (Phi) is 5.87. The number of rotatable bonds is 5. The Morgan fingerprint density at radius 2 is 1.77 bits per heavy atom. The number of fused-ring (bicyclic) bond motifs is 1. The monoisotopic (exact) mass is 441 g/mol. The number of nitrogens with one attached hydrogen (secondary N) is 2. The highest BCUT2D eigenvalue weighted by molar-refractivity contribution is 7.15. The molecule has 2 aromatic carbocycles. The molecule has 2 atom stereocenters. The Balaban J connectivity index is 1.43. The maximum absolute atomic E-state index is 12.3. The molecule has 0 saturated carbocycles. The van der Waals surface area contributed by atoms with Crippen molar-refractivity contribution in [3.05, 3.63) is 92.6 Å². The largest absolute Gasteiger partial charge is 0.383 e. The molecule has 1 aliphatic rings. The molecule has 2 unspecified atom stereocenters. The Morgan fingerprint density at radius 1 is 1.10 bits per heavy atom. The summed E-state index contributed by atoms with van der Waals surface area (Å²) in [6, 6.07) is 14.2. The molecule has 1 aliphatic carbocycles. The second kappa shape index (κ2) is 8.57. The number of carbonyl (C=O) groups is 1. The summed E-state index contributed by atoms with van der Waals surface area (Å²) >= 11 is 7.74. The van der Waals surface area contributed by atoms with Crippen LogP contribution in [0.25, 0.3) is 0 Å². The highest BCUT2D eigenvalue weighted by Gasteiger charge is 2.31. The molecule has 8 heteroatoms. The van der Waals surface area contributed by atoms with Crippen molar-refractivity contribution in [1.82, 2.24) is 10.3 Å². The van der Waals surface area contributed by atoms with E-state index in [9.17, 15) is 15.0 Å². The van der Waals surface area contributed by atoms with Gasteiger partial charge in [0.15, 0.2) is 5.13 Å². The summed E-state index contributed by atoms with van der Waals surface area (Å²) in [5, 5.41) is 27.8. The van der Waals surface area contributed by atoms with Gasteiger partial charge in [-0.25, -0.2) is 4.98 Å². The molecule has 0 spiro atoms. The number of aliphatic hydroxyl groups excluding tert-OH is 2. The summed E-state index contributed by atoms with van der Waals surface area (Å²) in [5.41, 5.74) is 3.02. The number of hydrogen-bond donors (Lipinski definition) is 4. The minimum Gasteiger partial charge on any atom is -0.383 e. The third-order valence-corrected chi connectivity index (χ3v) is 6.14.